The van der Waals surface area contributed by atoms with Crippen LogP contribution in [0.5, 0.6) is 0 Å². The molecule has 0 radical (unpaired) electrons. The Labute approximate surface area is 132 Å². The molecule has 5 rings (SSSR count). The number of hydrogen-bond donors (Lipinski definition) is 0. The molecule has 0 fully saturated rings. The minimum Gasteiger partial charge on any atom is -0.0836 e. The summed E-state index contributed by atoms with van der Waals surface area (Å²) in [6.07, 6.45) is 16.5. The third-order valence-electron chi connectivity index (χ3n) is 5.50. The third-order valence-corrected chi connectivity index (χ3v) is 5.50. The first-order valence-corrected chi connectivity index (χ1v) is 8.54. The fourth-order valence-corrected chi connectivity index (χ4v) is 4.38. The maximum absolute atomic E-state index is 2.48. The smallest absolute Gasteiger partial charge is 0.0146 e. The van der Waals surface area contributed by atoms with E-state index in [-0.39, 0.29) is 0 Å². The van der Waals surface area contributed by atoms with E-state index in [1.165, 1.54) is 66.3 Å². The number of fused-ring (bicyclic) bond motifs is 6. The van der Waals surface area contributed by atoms with Gasteiger partial charge in [-0.05, 0) is 83.0 Å². The van der Waals surface area contributed by atoms with Gasteiger partial charge in [0.25, 0.3) is 0 Å². The van der Waals surface area contributed by atoms with Crippen LogP contribution >= 0.6 is 0 Å². The van der Waals surface area contributed by atoms with Gasteiger partial charge in [-0.25, -0.2) is 0 Å². The molecule has 0 amide bonds. The second-order valence-electron chi connectivity index (χ2n) is 6.75. The number of allylic oxidation sites excluding steroid dienone is 2. The summed E-state index contributed by atoms with van der Waals surface area (Å²) in [6, 6.07) is 9.63. The van der Waals surface area contributed by atoms with Crippen LogP contribution in [0, 0.1) is 0 Å². The van der Waals surface area contributed by atoms with Gasteiger partial charge in [-0.2, -0.15) is 0 Å². The summed E-state index contributed by atoms with van der Waals surface area (Å²) < 4.78 is 0. The highest BCUT2D eigenvalue weighted by Gasteiger charge is 2.22. The van der Waals surface area contributed by atoms with Crippen molar-refractivity contribution in [1.82, 2.24) is 0 Å². The summed E-state index contributed by atoms with van der Waals surface area (Å²) >= 11 is 0. The average Bonchev–Trinajstić information content (AvgIpc) is 2.59. The Morgan fingerprint density at radius 1 is 0.591 bits per heavy atom. The van der Waals surface area contributed by atoms with Crippen LogP contribution in [0.3, 0.4) is 0 Å². The Balaban J connectivity index is 1.74. The maximum Gasteiger partial charge on any atom is -0.0146 e. The first-order chi connectivity index (χ1) is 10.9. The number of rotatable bonds is 0. The molecule has 0 N–H and O–H groups in total. The highest BCUT2D eigenvalue weighted by Crippen LogP contribution is 2.40. The Kier molecular flexibility index (Phi) is 2.67. The highest BCUT2D eigenvalue weighted by molar-refractivity contribution is 5.79. The third kappa shape index (κ3) is 1.76. The van der Waals surface area contributed by atoms with Crippen molar-refractivity contribution in [2.24, 2.45) is 0 Å². The molecule has 3 aliphatic carbocycles. The highest BCUT2D eigenvalue weighted by atomic mass is 14.3. The minimum absolute atomic E-state index is 1.19. The zero-order valence-electron chi connectivity index (χ0n) is 12.9. The van der Waals surface area contributed by atoms with Crippen molar-refractivity contribution in [1.29, 1.82) is 0 Å². The van der Waals surface area contributed by atoms with Crippen LogP contribution in [0.4, 0.5) is 0 Å². The van der Waals surface area contributed by atoms with E-state index in [0.717, 1.165) is 0 Å². The van der Waals surface area contributed by atoms with Gasteiger partial charge in [0.15, 0.2) is 0 Å². The van der Waals surface area contributed by atoms with Gasteiger partial charge in [0.05, 0.1) is 0 Å². The van der Waals surface area contributed by atoms with Gasteiger partial charge >= 0.3 is 0 Å². The molecule has 0 bridgehead atoms. The largest absolute Gasteiger partial charge is 0.0836 e. The molecule has 0 spiro atoms. The fourth-order valence-electron chi connectivity index (χ4n) is 4.38. The predicted octanol–water partition coefficient (Wildman–Crippen LogP) is 5.37. The molecule has 0 atom stereocenters. The van der Waals surface area contributed by atoms with Crippen molar-refractivity contribution in [2.75, 3.05) is 0 Å². The molecule has 0 saturated heterocycles. The van der Waals surface area contributed by atoms with Crippen LogP contribution in [0.15, 0.2) is 36.4 Å². The fraction of sp³-hybridized carbons (Fsp3) is 0.273. The zero-order valence-corrected chi connectivity index (χ0v) is 12.9. The molecule has 0 heterocycles. The number of benzene rings is 2. The number of aryl methyl sites for hydroxylation is 2. The van der Waals surface area contributed by atoms with Gasteiger partial charge < -0.3 is 0 Å². The monoisotopic (exact) mass is 284 g/mol. The van der Waals surface area contributed by atoms with Crippen LogP contribution in [-0.4, -0.2) is 0 Å². The minimum atomic E-state index is 1.19. The number of hydrogen-bond acceptors (Lipinski definition) is 0. The molecule has 0 aromatic heterocycles. The quantitative estimate of drug-likeness (QED) is 0.610. The van der Waals surface area contributed by atoms with Crippen LogP contribution in [-0.2, 0) is 25.7 Å². The lowest BCUT2D eigenvalue weighted by atomic mass is 9.78. The summed E-state index contributed by atoms with van der Waals surface area (Å²) in [5.74, 6) is 0. The molecule has 0 saturated carbocycles. The molecule has 0 heteroatoms. The molecule has 22 heavy (non-hydrogen) atoms. The molecule has 2 aromatic carbocycles. The van der Waals surface area contributed by atoms with Gasteiger partial charge in [-0.3, -0.25) is 0 Å². The Morgan fingerprint density at radius 2 is 1.45 bits per heavy atom. The second-order valence-corrected chi connectivity index (χ2v) is 6.75. The molecule has 3 aliphatic rings. The average molecular weight is 284 g/mol. The van der Waals surface area contributed by atoms with Gasteiger partial charge in [-0.15, -0.1) is 0 Å². The van der Waals surface area contributed by atoms with Gasteiger partial charge in [0.2, 0.25) is 0 Å². The lowest BCUT2D eigenvalue weighted by Gasteiger charge is -2.27. The summed E-state index contributed by atoms with van der Waals surface area (Å²) in [4.78, 5) is 0. The second kappa shape index (κ2) is 4.71. The molecular formula is C22H20. The van der Waals surface area contributed by atoms with E-state index in [0.29, 0.717) is 0 Å². The summed E-state index contributed by atoms with van der Waals surface area (Å²) in [7, 11) is 0. The van der Waals surface area contributed by atoms with E-state index in [4.69, 9.17) is 0 Å². The predicted molar refractivity (Wildman–Crippen MR) is 94.0 cm³/mol. The lowest BCUT2D eigenvalue weighted by molar-refractivity contribution is 0.883. The standard InChI is InChI=1S/C22H20/c1-2-7-17-14-22-18(13-16(17)6-1)10-12-20-19-8-4-3-5-15(19)9-11-21(20)22/h1,3,5-6,9,11,13-14H,2,4,7-8,10,12H2. The van der Waals surface area contributed by atoms with Crippen molar-refractivity contribution in [3.05, 3.63) is 69.8 Å². The normalized spacial score (nSPS) is 17.5. The van der Waals surface area contributed by atoms with Crippen LogP contribution < -0.4 is 0 Å². The summed E-state index contributed by atoms with van der Waals surface area (Å²) in [5.41, 5.74) is 12.2. The molecule has 2 aromatic rings. The van der Waals surface area contributed by atoms with E-state index in [1.807, 2.05) is 0 Å². The molecule has 0 unspecified atom stereocenters. The Morgan fingerprint density at radius 3 is 2.41 bits per heavy atom. The van der Waals surface area contributed by atoms with Crippen molar-refractivity contribution in [3.63, 3.8) is 0 Å². The Bertz CT molecular complexity index is 828. The Hall–Kier alpha value is -2.08. The van der Waals surface area contributed by atoms with Crippen molar-refractivity contribution >= 4 is 12.2 Å². The molecule has 108 valence electrons. The van der Waals surface area contributed by atoms with Gasteiger partial charge in [0.1, 0.15) is 0 Å². The molecule has 0 aliphatic heterocycles. The van der Waals surface area contributed by atoms with E-state index in [2.05, 4.69) is 48.6 Å². The van der Waals surface area contributed by atoms with Gasteiger partial charge in [-0.1, -0.05) is 48.6 Å². The van der Waals surface area contributed by atoms with Crippen LogP contribution in [0.1, 0.15) is 46.2 Å². The van der Waals surface area contributed by atoms with Crippen molar-refractivity contribution < 1.29 is 0 Å². The summed E-state index contributed by atoms with van der Waals surface area (Å²) in [6.45, 7) is 0. The van der Waals surface area contributed by atoms with Gasteiger partial charge in [0, 0.05) is 0 Å². The lowest BCUT2D eigenvalue weighted by Crippen LogP contribution is -2.11. The molecule has 0 nitrogen and oxygen atoms in total. The van der Waals surface area contributed by atoms with Crippen LogP contribution in [0.25, 0.3) is 23.3 Å². The van der Waals surface area contributed by atoms with Crippen molar-refractivity contribution in [3.8, 4) is 11.1 Å². The SMILES string of the molecule is C1=Cc2cc3c(cc2CC1)-c1ccc2c(c1CC3)CCC=C2. The van der Waals surface area contributed by atoms with E-state index in [1.54, 1.807) is 16.7 Å². The van der Waals surface area contributed by atoms with Crippen molar-refractivity contribution in [2.45, 2.75) is 38.5 Å². The zero-order chi connectivity index (χ0) is 14.5. The topological polar surface area (TPSA) is 0 Å². The van der Waals surface area contributed by atoms with Crippen LogP contribution in [0.2, 0.25) is 0 Å². The van der Waals surface area contributed by atoms with E-state index in [9.17, 15) is 0 Å². The maximum atomic E-state index is 2.48. The molecular weight excluding hydrogens is 264 g/mol. The first-order valence-electron chi connectivity index (χ1n) is 8.54. The summed E-state index contributed by atoms with van der Waals surface area (Å²) in [5, 5.41) is 0. The van der Waals surface area contributed by atoms with E-state index < -0.39 is 0 Å². The first kappa shape index (κ1) is 12.5. The van der Waals surface area contributed by atoms with E-state index >= 15 is 0 Å².